The molecule has 0 atom stereocenters. The number of carboxylic acid groups (broad SMARTS) is 1. The Morgan fingerprint density at radius 3 is 2.50 bits per heavy atom. The Morgan fingerprint density at radius 1 is 1.18 bits per heavy atom. The smallest absolute Gasteiger partial charge is 0.412 e. The number of ether oxygens (including phenoxy) is 1. The Kier molecular flexibility index (Phi) is 4.85. The van der Waals surface area contributed by atoms with E-state index in [4.69, 9.17) is 21.4 Å². The Labute approximate surface area is 130 Å². The van der Waals surface area contributed by atoms with Crippen molar-refractivity contribution in [1.82, 2.24) is 0 Å². The van der Waals surface area contributed by atoms with Gasteiger partial charge in [0.25, 0.3) is 0 Å². The van der Waals surface area contributed by atoms with Gasteiger partial charge in [-0.3, -0.25) is 5.32 Å². The first-order valence-electron chi connectivity index (χ1n) is 6.21. The van der Waals surface area contributed by atoms with Gasteiger partial charge in [0.05, 0.1) is 16.3 Å². The third-order valence-electron chi connectivity index (χ3n) is 2.74. The lowest BCUT2D eigenvalue weighted by molar-refractivity contribution is 0.0696. The summed E-state index contributed by atoms with van der Waals surface area (Å²) in [7, 11) is 0. The van der Waals surface area contributed by atoms with Crippen LogP contribution in [0, 0.1) is 0 Å². The maximum absolute atomic E-state index is 11.7. The van der Waals surface area contributed by atoms with Gasteiger partial charge in [0.15, 0.2) is 0 Å². The summed E-state index contributed by atoms with van der Waals surface area (Å²) in [5.41, 5.74) is 0.433. The van der Waals surface area contributed by atoms with Crippen LogP contribution in [0.1, 0.15) is 15.9 Å². The van der Waals surface area contributed by atoms with Crippen molar-refractivity contribution in [3.8, 4) is 5.75 Å². The average molecular weight is 322 g/mol. The van der Waals surface area contributed by atoms with Crippen LogP contribution in [0.25, 0.3) is 0 Å². The number of hydrogen-bond donors (Lipinski definition) is 3. The fourth-order valence-electron chi connectivity index (χ4n) is 1.72. The number of carbonyl (C=O) groups excluding carboxylic acids is 1. The molecule has 0 aliphatic rings. The number of nitrogens with one attached hydrogen (secondary N) is 1. The molecule has 0 aromatic heterocycles. The summed E-state index contributed by atoms with van der Waals surface area (Å²) in [6.07, 6.45) is -0.812. The van der Waals surface area contributed by atoms with Crippen molar-refractivity contribution in [2.24, 2.45) is 0 Å². The molecule has 0 heterocycles. The first-order valence-corrected chi connectivity index (χ1v) is 6.58. The molecule has 7 heteroatoms. The molecule has 1 amide bonds. The number of phenolic OH excluding ortho intramolecular Hbond substituents is 1. The van der Waals surface area contributed by atoms with Crippen LogP contribution < -0.4 is 5.32 Å². The topological polar surface area (TPSA) is 95.9 Å². The van der Waals surface area contributed by atoms with Gasteiger partial charge in [0, 0.05) is 6.07 Å². The van der Waals surface area contributed by atoms with E-state index in [1.165, 1.54) is 0 Å². The third-order valence-corrected chi connectivity index (χ3v) is 3.14. The van der Waals surface area contributed by atoms with Gasteiger partial charge in [-0.15, -0.1) is 0 Å². The van der Waals surface area contributed by atoms with Gasteiger partial charge in [-0.2, -0.15) is 0 Å². The average Bonchev–Trinajstić information content (AvgIpc) is 2.49. The van der Waals surface area contributed by atoms with E-state index in [0.29, 0.717) is 0 Å². The molecule has 22 heavy (non-hydrogen) atoms. The molecule has 2 aromatic carbocycles. The van der Waals surface area contributed by atoms with Crippen LogP contribution in [0.4, 0.5) is 10.5 Å². The van der Waals surface area contributed by atoms with Crippen LogP contribution in [-0.4, -0.2) is 22.3 Å². The van der Waals surface area contributed by atoms with Crippen LogP contribution in [-0.2, 0) is 11.3 Å². The quantitative estimate of drug-likeness (QED) is 0.801. The molecule has 0 aliphatic carbocycles. The van der Waals surface area contributed by atoms with Gasteiger partial charge in [-0.25, -0.2) is 9.59 Å². The van der Waals surface area contributed by atoms with Gasteiger partial charge in [0.1, 0.15) is 12.4 Å². The zero-order valence-electron chi connectivity index (χ0n) is 11.2. The number of anilines is 1. The van der Waals surface area contributed by atoms with E-state index in [9.17, 15) is 14.7 Å². The number of carbonyl (C=O) groups is 2. The number of hydrogen-bond acceptors (Lipinski definition) is 4. The first kappa shape index (κ1) is 15.7. The highest BCUT2D eigenvalue weighted by molar-refractivity contribution is 6.36. The lowest BCUT2D eigenvalue weighted by atomic mass is 10.2. The van der Waals surface area contributed by atoms with E-state index in [-0.39, 0.29) is 28.6 Å². The Hall–Kier alpha value is -2.73. The molecule has 114 valence electrons. The van der Waals surface area contributed by atoms with E-state index in [1.807, 2.05) is 18.2 Å². The van der Waals surface area contributed by atoms with Crippen molar-refractivity contribution < 1.29 is 24.5 Å². The van der Waals surface area contributed by atoms with Crippen molar-refractivity contribution >= 4 is 29.4 Å². The van der Waals surface area contributed by atoms with Gasteiger partial charge in [-0.05, 0) is 11.6 Å². The van der Waals surface area contributed by atoms with Crippen LogP contribution >= 0.6 is 11.6 Å². The van der Waals surface area contributed by atoms with Crippen molar-refractivity contribution in [1.29, 1.82) is 0 Å². The monoisotopic (exact) mass is 321 g/mol. The zero-order chi connectivity index (χ0) is 16.1. The first-order chi connectivity index (χ1) is 10.5. The highest BCUT2D eigenvalue weighted by atomic mass is 35.5. The molecule has 3 N–H and O–H groups in total. The molecule has 0 aliphatic heterocycles. The lowest BCUT2D eigenvalue weighted by Gasteiger charge is -2.10. The normalized spacial score (nSPS) is 10.0. The van der Waals surface area contributed by atoms with Crippen molar-refractivity contribution in [3.05, 3.63) is 58.6 Å². The van der Waals surface area contributed by atoms with Crippen LogP contribution in [0.15, 0.2) is 42.5 Å². The minimum absolute atomic E-state index is 0.0443. The van der Waals surface area contributed by atoms with Gasteiger partial charge in [0.2, 0.25) is 0 Å². The van der Waals surface area contributed by atoms with Gasteiger partial charge < -0.3 is 14.9 Å². The number of amides is 1. The summed E-state index contributed by atoms with van der Waals surface area (Å²) in [5.74, 6) is -1.65. The number of halogens is 1. The number of phenols is 1. The molecule has 0 saturated heterocycles. The molecule has 0 fully saturated rings. The lowest BCUT2D eigenvalue weighted by Crippen LogP contribution is -2.14. The summed E-state index contributed by atoms with van der Waals surface area (Å²) in [4.78, 5) is 22.7. The predicted molar refractivity (Wildman–Crippen MR) is 80.3 cm³/mol. The fraction of sp³-hybridized carbons (Fsp3) is 0.0667. The van der Waals surface area contributed by atoms with Crippen LogP contribution in [0.3, 0.4) is 0 Å². The third kappa shape index (κ3) is 3.89. The summed E-state index contributed by atoms with van der Waals surface area (Å²) < 4.78 is 4.99. The molecule has 0 radical (unpaired) electrons. The number of benzene rings is 2. The Morgan fingerprint density at radius 2 is 1.86 bits per heavy atom. The van der Waals surface area contributed by atoms with Gasteiger partial charge >= 0.3 is 12.1 Å². The van der Waals surface area contributed by atoms with Crippen molar-refractivity contribution in [3.63, 3.8) is 0 Å². The number of aromatic hydroxyl groups is 1. The van der Waals surface area contributed by atoms with E-state index >= 15 is 0 Å². The Bertz CT molecular complexity index is 703. The number of aromatic carboxylic acids is 1. The van der Waals surface area contributed by atoms with E-state index in [2.05, 4.69) is 5.32 Å². The minimum Gasteiger partial charge on any atom is -0.508 e. The highest BCUT2D eigenvalue weighted by Gasteiger charge is 2.16. The molecular formula is C15H12ClNO5. The molecule has 2 rings (SSSR count). The van der Waals surface area contributed by atoms with E-state index in [0.717, 1.165) is 17.7 Å². The second-order valence-corrected chi connectivity index (χ2v) is 4.72. The highest BCUT2D eigenvalue weighted by Crippen LogP contribution is 2.31. The molecule has 0 spiro atoms. The van der Waals surface area contributed by atoms with Crippen molar-refractivity contribution in [2.45, 2.75) is 6.61 Å². The standard InChI is InChI=1S/C15H12ClNO5/c16-13-11(14(19)20)6-10(18)7-12(13)17-15(21)22-8-9-4-2-1-3-5-9/h1-7,18H,8H2,(H,17,21)(H,19,20). The van der Waals surface area contributed by atoms with Crippen LogP contribution in [0.5, 0.6) is 5.75 Å². The second kappa shape index (κ2) is 6.82. The predicted octanol–water partition coefficient (Wildman–Crippen LogP) is 3.49. The van der Waals surface area contributed by atoms with E-state index in [1.54, 1.807) is 12.1 Å². The summed E-state index contributed by atoms with van der Waals surface area (Å²) >= 11 is 5.87. The largest absolute Gasteiger partial charge is 0.508 e. The Balaban J connectivity index is 2.07. The zero-order valence-corrected chi connectivity index (χ0v) is 12.0. The maximum atomic E-state index is 11.7. The molecule has 2 aromatic rings. The summed E-state index contributed by atoms with van der Waals surface area (Å²) in [6, 6.07) is 11.2. The summed E-state index contributed by atoms with van der Waals surface area (Å²) in [6.45, 7) is 0.0505. The molecule has 0 unspecified atom stereocenters. The summed E-state index contributed by atoms with van der Waals surface area (Å²) in [5, 5.41) is 20.5. The van der Waals surface area contributed by atoms with Crippen LogP contribution in [0.2, 0.25) is 5.02 Å². The fourth-order valence-corrected chi connectivity index (χ4v) is 1.96. The minimum atomic E-state index is -1.32. The molecule has 6 nitrogen and oxygen atoms in total. The van der Waals surface area contributed by atoms with E-state index < -0.39 is 12.1 Å². The SMILES string of the molecule is O=C(Nc1cc(O)cc(C(=O)O)c1Cl)OCc1ccccc1. The van der Waals surface area contributed by atoms with Crippen molar-refractivity contribution in [2.75, 3.05) is 5.32 Å². The number of rotatable bonds is 4. The molecular weight excluding hydrogens is 310 g/mol. The van der Waals surface area contributed by atoms with Gasteiger partial charge in [-0.1, -0.05) is 41.9 Å². The second-order valence-electron chi connectivity index (χ2n) is 4.35. The number of carboxylic acids is 1. The molecule has 0 bridgehead atoms. The molecule has 0 saturated carbocycles. The maximum Gasteiger partial charge on any atom is 0.412 e.